The van der Waals surface area contributed by atoms with Gasteiger partial charge in [0.05, 0.1) is 6.61 Å². The Hall–Kier alpha value is -1.39. The van der Waals surface area contributed by atoms with Gasteiger partial charge in [-0.1, -0.05) is 11.6 Å². The molecule has 0 saturated heterocycles. The van der Waals surface area contributed by atoms with Crippen molar-refractivity contribution in [3.8, 4) is 5.75 Å². The van der Waals surface area contributed by atoms with Gasteiger partial charge in [0.25, 0.3) is 0 Å². The Morgan fingerprint density at radius 3 is 3.05 bits per heavy atom. The molecule has 2 aromatic rings. The Balaban J connectivity index is 1.78. The Kier molecular flexibility index (Phi) is 3.53. The topological polar surface area (TPSA) is 48.1 Å². The Bertz CT molecular complexity index is 601. The number of hydrogen-bond acceptors (Lipinski definition) is 4. The van der Waals surface area contributed by atoms with Crippen LogP contribution in [0.15, 0.2) is 35.4 Å². The molecule has 3 nitrogen and oxygen atoms in total. The maximum Gasteiger partial charge on any atom is 0.126 e. The predicted molar refractivity (Wildman–Crippen MR) is 78.9 cm³/mol. The summed E-state index contributed by atoms with van der Waals surface area (Å²) in [5.41, 5.74) is 7.92. The van der Waals surface area contributed by atoms with E-state index in [2.05, 4.69) is 4.98 Å². The van der Waals surface area contributed by atoms with Crippen LogP contribution in [0.4, 0.5) is 5.82 Å². The first kappa shape index (κ1) is 12.6. The fourth-order valence-electron chi connectivity index (χ4n) is 2.09. The number of halogens is 1. The van der Waals surface area contributed by atoms with Crippen LogP contribution in [-0.2, 0) is 12.2 Å². The molecule has 0 saturated carbocycles. The minimum absolute atomic E-state index is 0.538. The summed E-state index contributed by atoms with van der Waals surface area (Å²) >= 11 is 7.84. The van der Waals surface area contributed by atoms with E-state index in [1.54, 1.807) is 24.0 Å². The lowest BCUT2D eigenvalue weighted by molar-refractivity contribution is 0.354. The Morgan fingerprint density at radius 2 is 2.26 bits per heavy atom. The molecule has 19 heavy (non-hydrogen) atoms. The van der Waals surface area contributed by atoms with Crippen LogP contribution in [-0.4, -0.2) is 11.6 Å². The second-order valence-electron chi connectivity index (χ2n) is 4.36. The maximum absolute atomic E-state index is 6.14. The third kappa shape index (κ3) is 2.80. The van der Waals surface area contributed by atoms with E-state index in [0.717, 1.165) is 40.0 Å². The SMILES string of the molecule is Nc1ccc(SCc2cc(Cl)cc3c2OCC3)cn1. The molecule has 1 aliphatic heterocycles. The first-order valence-electron chi connectivity index (χ1n) is 6.01. The number of rotatable bonds is 3. The number of hydrogen-bond donors (Lipinski definition) is 1. The molecule has 0 spiro atoms. The molecule has 1 aliphatic rings. The molecule has 0 amide bonds. The van der Waals surface area contributed by atoms with Gasteiger partial charge in [0, 0.05) is 33.9 Å². The molecular formula is C14H13ClN2OS. The van der Waals surface area contributed by atoms with E-state index < -0.39 is 0 Å². The Morgan fingerprint density at radius 1 is 1.37 bits per heavy atom. The first-order chi connectivity index (χ1) is 9.22. The van der Waals surface area contributed by atoms with Gasteiger partial charge in [-0.25, -0.2) is 4.98 Å². The van der Waals surface area contributed by atoms with E-state index in [9.17, 15) is 0 Å². The van der Waals surface area contributed by atoms with Crippen LogP contribution in [0.3, 0.4) is 0 Å². The average molecular weight is 293 g/mol. The zero-order chi connectivity index (χ0) is 13.2. The van der Waals surface area contributed by atoms with E-state index in [1.165, 1.54) is 5.56 Å². The van der Waals surface area contributed by atoms with Crippen LogP contribution >= 0.6 is 23.4 Å². The number of aromatic nitrogens is 1. The van der Waals surface area contributed by atoms with Gasteiger partial charge in [-0.2, -0.15) is 0 Å². The lowest BCUT2D eigenvalue weighted by atomic mass is 10.1. The van der Waals surface area contributed by atoms with Crippen molar-refractivity contribution in [1.82, 2.24) is 4.98 Å². The number of nitrogen functional groups attached to an aromatic ring is 1. The fraction of sp³-hybridized carbons (Fsp3) is 0.214. The highest BCUT2D eigenvalue weighted by atomic mass is 35.5. The van der Waals surface area contributed by atoms with Gasteiger partial charge < -0.3 is 10.5 Å². The highest BCUT2D eigenvalue weighted by Crippen LogP contribution is 2.36. The smallest absolute Gasteiger partial charge is 0.126 e. The summed E-state index contributed by atoms with van der Waals surface area (Å²) < 4.78 is 5.68. The molecule has 0 fully saturated rings. The van der Waals surface area contributed by atoms with Crippen LogP contribution < -0.4 is 10.5 Å². The van der Waals surface area contributed by atoms with Crippen molar-refractivity contribution < 1.29 is 4.74 Å². The lowest BCUT2D eigenvalue weighted by Gasteiger charge is -2.08. The molecule has 2 N–H and O–H groups in total. The standard InChI is InChI=1S/C14H13ClN2OS/c15-11-5-9-3-4-18-14(9)10(6-11)8-19-12-1-2-13(16)17-7-12/h1-2,5-7H,3-4,8H2,(H2,16,17). The monoisotopic (exact) mass is 292 g/mol. The molecule has 0 atom stereocenters. The number of nitrogens with zero attached hydrogens (tertiary/aromatic N) is 1. The molecule has 98 valence electrons. The van der Waals surface area contributed by atoms with Crippen molar-refractivity contribution in [2.75, 3.05) is 12.3 Å². The van der Waals surface area contributed by atoms with Gasteiger partial charge >= 0.3 is 0 Å². The van der Waals surface area contributed by atoms with Gasteiger partial charge in [-0.15, -0.1) is 11.8 Å². The van der Waals surface area contributed by atoms with Crippen molar-refractivity contribution in [1.29, 1.82) is 0 Å². The largest absolute Gasteiger partial charge is 0.493 e. The molecule has 0 radical (unpaired) electrons. The summed E-state index contributed by atoms with van der Waals surface area (Å²) in [6.07, 6.45) is 2.72. The summed E-state index contributed by atoms with van der Waals surface area (Å²) in [5, 5.41) is 0.773. The van der Waals surface area contributed by atoms with Crippen molar-refractivity contribution in [2.45, 2.75) is 17.1 Å². The molecule has 1 aromatic carbocycles. The van der Waals surface area contributed by atoms with Crippen LogP contribution in [0.1, 0.15) is 11.1 Å². The highest BCUT2D eigenvalue weighted by Gasteiger charge is 2.17. The van der Waals surface area contributed by atoms with Gasteiger partial charge in [0.1, 0.15) is 11.6 Å². The molecular weight excluding hydrogens is 280 g/mol. The molecule has 3 rings (SSSR count). The Labute approximate surface area is 121 Å². The van der Waals surface area contributed by atoms with Crippen molar-refractivity contribution >= 4 is 29.2 Å². The number of benzene rings is 1. The van der Waals surface area contributed by atoms with Crippen LogP contribution in [0.25, 0.3) is 0 Å². The third-order valence-corrected chi connectivity index (χ3v) is 4.23. The minimum Gasteiger partial charge on any atom is -0.493 e. The zero-order valence-electron chi connectivity index (χ0n) is 10.2. The summed E-state index contributed by atoms with van der Waals surface area (Å²) in [5.74, 6) is 2.35. The maximum atomic E-state index is 6.14. The van der Waals surface area contributed by atoms with E-state index in [-0.39, 0.29) is 0 Å². The molecule has 1 aromatic heterocycles. The number of pyridine rings is 1. The fourth-order valence-corrected chi connectivity index (χ4v) is 3.18. The quantitative estimate of drug-likeness (QED) is 0.879. The molecule has 0 unspecified atom stereocenters. The molecule has 0 bridgehead atoms. The van der Waals surface area contributed by atoms with E-state index in [4.69, 9.17) is 22.1 Å². The van der Waals surface area contributed by atoms with Crippen molar-refractivity contribution in [3.05, 3.63) is 46.6 Å². The number of nitrogens with two attached hydrogens (primary N) is 1. The number of ether oxygens (including phenoxy) is 1. The van der Waals surface area contributed by atoms with Crippen molar-refractivity contribution in [2.24, 2.45) is 0 Å². The molecule has 2 heterocycles. The van der Waals surface area contributed by atoms with Gasteiger partial charge in [0.15, 0.2) is 0 Å². The second kappa shape index (κ2) is 5.31. The number of thioether (sulfide) groups is 1. The van der Waals surface area contributed by atoms with E-state index >= 15 is 0 Å². The van der Waals surface area contributed by atoms with Gasteiger partial charge in [-0.3, -0.25) is 0 Å². The molecule has 5 heteroatoms. The average Bonchev–Trinajstić information content (AvgIpc) is 2.85. The normalized spacial score (nSPS) is 13.1. The zero-order valence-corrected chi connectivity index (χ0v) is 11.8. The third-order valence-electron chi connectivity index (χ3n) is 2.98. The lowest BCUT2D eigenvalue weighted by Crippen LogP contribution is -1.91. The van der Waals surface area contributed by atoms with E-state index in [1.807, 2.05) is 18.2 Å². The number of anilines is 1. The predicted octanol–water partition coefficient (Wildman–Crippen LogP) is 3.54. The summed E-state index contributed by atoms with van der Waals surface area (Å²) in [6, 6.07) is 7.74. The second-order valence-corrected chi connectivity index (χ2v) is 5.84. The summed E-state index contributed by atoms with van der Waals surface area (Å²) in [7, 11) is 0. The van der Waals surface area contributed by atoms with Gasteiger partial charge in [-0.05, 0) is 29.8 Å². The first-order valence-corrected chi connectivity index (χ1v) is 7.37. The highest BCUT2D eigenvalue weighted by molar-refractivity contribution is 7.98. The summed E-state index contributed by atoms with van der Waals surface area (Å²) in [6.45, 7) is 0.747. The van der Waals surface area contributed by atoms with Crippen molar-refractivity contribution in [3.63, 3.8) is 0 Å². The van der Waals surface area contributed by atoms with Gasteiger partial charge in [0.2, 0.25) is 0 Å². The number of fused-ring (bicyclic) bond motifs is 1. The molecule has 0 aliphatic carbocycles. The summed E-state index contributed by atoms with van der Waals surface area (Å²) in [4.78, 5) is 5.17. The van der Waals surface area contributed by atoms with Crippen LogP contribution in [0, 0.1) is 0 Å². The van der Waals surface area contributed by atoms with Crippen LogP contribution in [0.2, 0.25) is 5.02 Å². The minimum atomic E-state index is 0.538. The van der Waals surface area contributed by atoms with E-state index in [0.29, 0.717) is 5.82 Å². The van der Waals surface area contributed by atoms with Crippen LogP contribution in [0.5, 0.6) is 5.75 Å².